The van der Waals surface area contributed by atoms with E-state index in [9.17, 15) is 13.2 Å². The molecule has 0 saturated carbocycles. The largest absolute Gasteiger partial charge is 0.496 e. The van der Waals surface area contributed by atoms with E-state index in [0.29, 0.717) is 22.7 Å². The first-order chi connectivity index (χ1) is 12.6. The number of hydrogen-bond acceptors (Lipinski definition) is 6. The van der Waals surface area contributed by atoms with Gasteiger partial charge in [0.15, 0.2) is 11.5 Å². The Bertz CT molecular complexity index is 986. The molecule has 0 spiro atoms. The van der Waals surface area contributed by atoms with E-state index in [2.05, 4.69) is 5.32 Å². The standard InChI is InChI=1S/C18H22N2O6S/c1-10-6-12(27(19,22)23)7-14(11(10)2)20-18(21)13-8-16(25-4)17(26-5)9-15(13)24-3/h6-9H,1-5H3,(H,20,21)(H2,19,22,23). The van der Waals surface area contributed by atoms with Crippen LogP contribution in [0.5, 0.6) is 17.2 Å². The van der Waals surface area contributed by atoms with Gasteiger partial charge in [-0.25, -0.2) is 13.6 Å². The fourth-order valence-corrected chi connectivity index (χ4v) is 3.14. The molecule has 0 unspecified atom stereocenters. The number of amides is 1. The van der Waals surface area contributed by atoms with Crippen LogP contribution in [0.2, 0.25) is 0 Å². The molecule has 3 N–H and O–H groups in total. The van der Waals surface area contributed by atoms with Crippen molar-refractivity contribution in [3.05, 3.63) is 41.0 Å². The highest BCUT2D eigenvalue weighted by molar-refractivity contribution is 7.89. The SMILES string of the molecule is COc1cc(OC)c(C(=O)Nc2cc(S(N)(=O)=O)cc(C)c2C)cc1OC. The van der Waals surface area contributed by atoms with Crippen molar-refractivity contribution in [1.82, 2.24) is 0 Å². The summed E-state index contributed by atoms with van der Waals surface area (Å²) < 4.78 is 39.0. The average Bonchev–Trinajstić information content (AvgIpc) is 2.62. The second kappa shape index (κ2) is 7.85. The van der Waals surface area contributed by atoms with Crippen LogP contribution in [0.1, 0.15) is 21.5 Å². The van der Waals surface area contributed by atoms with Crippen LogP contribution < -0.4 is 24.7 Å². The molecule has 0 radical (unpaired) electrons. The second-order valence-corrected chi connectivity index (χ2v) is 7.38. The third-order valence-electron chi connectivity index (χ3n) is 4.17. The molecule has 0 aliphatic heterocycles. The van der Waals surface area contributed by atoms with Crippen molar-refractivity contribution < 1.29 is 27.4 Å². The third-order valence-corrected chi connectivity index (χ3v) is 5.06. The van der Waals surface area contributed by atoms with E-state index in [4.69, 9.17) is 19.3 Å². The van der Waals surface area contributed by atoms with Crippen LogP contribution in [0.3, 0.4) is 0 Å². The molecule has 2 aromatic rings. The summed E-state index contributed by atoms with van der Waals surface area (Å²) in [6.45, 7) is 3.50. The summed E-state index contributed by atoms with van der Waals surface area (Å²) in [6, 6.07) is 5.80. The molecule has 0 aromatic heterocycles. The number of anilines is 1. The van der Waals surface area contributed by atoms with Gasteiger partial charge in [0.05, 0.1) is 31.8 Å². The molecule has 146 valence electrons. The Morgan fingerprint density at radius 3 is 2.00 bits per heavy atom. The zero-order chi connectivity index (χ0) is 20.4. The van der Waals surface area contributed by atoms with E-state index < -0.39 is 15.9 Å². The van der Waals surface area contributed by atoms with E-state index in [1.165, 1.54) is 45.6 Å². The minimum atomic E-state index is -3.91. The number of aryl methyl sites for hydroxylation is 1. The topological polar surface area (TPSA) is 117 Å². The number of nitrogens with two attached hydrogens (primary N) is 1. The Morgan fingerprint density at radius 2 is 1.48 bits per heavy atom. The first kappa shape index (κ1) is 20.5. The molecule has 0 bridgehead atoms. The predicted molar refractivity (Wildman–Crippen MR) is 101 cm³/mol. The molecule has 0 aliphatic rings. The molecule has 2 aromatic carbocycles. The smallest absolute Gasteiger partial charge is 0.259 e. The van der Waals surface area contributed by atoms with Crippen molar-refractivity contribution in [3.8, 4) is 17.2 Å². The highest BCUT2D eigenvalue weighted by Crippen LogP contribution is 2.35. The summed E-state index contributed by atoms with van der Waals surface area (Å²) in [4.78, 5) is 12.7. The molecule has 0 heterocycles. The lowest BCUT2D eigenvalue weighted by molar-refractivity contribution is 0.102. The molecule has 1 amide bonds. The number of methoxy groups -OCH3 is 3. The van der Waals surface area contributed by atoms with E-state index in [1.54, 1.807) is 13.8 Å². The Morgan fingerprint density at radius 1 is 0.926 bits per heavy atom. The van der Waals surface area contributed by atoms with Gasteiger partial charge in [-0.1, -0.05) is 0 Å². The van der Waals surface area contributed by atoms with Gasteiger partial charge in [-0.15, -0.1) is 0 Å². The zero-order valence-corrected chi connectivity index (χ0v) is 16.6. The van der Waals surface area contributed by atoms with Gasteiger partial charge in [0.25, 0.3) is 5.91 Å². The van der Waals surface area contributed by atoms with Gasteiger partial charge < -0.3 is 19.5 Å². The molecular weight excluding hydrogens is 372 g/mol. The minimum Gasteiger partial charge on any atom is -0.496 e. The van der Waals surface area contributed by atoms with Gasteiger partial charge in [0.1, 0.15) is 5.75 Å². The summed E-state index contributed by atoms with van der Waals surface area (Å²) in [7, 11) is 0.443. The Kier molecular flexibility index (Phi) is 5.97. The van der Waals surface area contributed by atoms with E-state index >= 15 is 0 Å². The first-order valence-corrected chi connectivity index (χ1v) is 9.42. The number of carbonyl (C=O) groups excluding carboxylic acids is 1. The number of rotatable bonds is 6. The van der Waals surface area contributed by atoms with Crippen molar-refractivity contribution >= 4 is 21.6 Å². The summed E-state index contributed by atoms with van der Waals surface area (Å²) in [5.74, 6) is 0.549. The minimum absolute atomic E-state index is 0.0832. The second-order valence-electron chi connectivity index (χ2n) is 5.82. The van der Waals surface area contributed by atoms with Gasteiger partial charge in [-0.2, -0.15) is 0 Å². The molecule has 27 heavy (non-hydrogen) atoms. The van der Waals surface area contributed by atoms with Crippen molar-refractivity contribution in [2.45, 2.75) is 18.7 Å². The highest BCUT2D eigenvalue weighted by Gasteiger charge is 2.20. The maximum atomic E-state index is 12.8. The van der Waals surface area contributed by atoms with Crippen molar-refractivity contribution in [1.29, 1.82) is 0 Å². The van der Waals surface area contributed by atoms with Crippen LogP contribution in [0.25, 0.3) is 0 Å². The van der Waals surface area contributed by atoms with E-state index in [-0.39, 0.29) is 16.2 Å². The first-order valence-electron chi connectivity index (χ1n) is 7.87. The summed E-state index contributed by atoms with van der Waals surface area (Å²) >= 11 is 0. The quantitative estimate of drug-likeness (QED) is 0.776. The van der Waals surface area contributed by atoms with Crippen LogP contribution >= 0.6 is 0 Å². The third kappa shape index (κ3) is 4.32. The molecule has 0 saturated heterocycles. The number of carbonyl (C=O) groups is 1. The molecule has 0 fully saturated rings. The molecule has 9 heteroatoms. The number of sulfonamides is 1. The maximum absolute atomic E-state index is 12.8. The van der Waals surface area contributed by atoms with Gasteiger partial charge >= 0.3 is 0 Å². The highest BCUT2D eigenvalue weighted by atomic mass is 32.2. The number of ether oxygens (including phenoxy) is 3. The lowest BCUT2D eigenvalue weighted by Gasteiger charge is -2.16. The van der Waals surface area contributed by atoms with Gasteiger partial charge in [0, 0.05) is 17.8 Å². The fraction of sp³-hybridized carbons (Fsp3) is 0.278. The summed E-state index contributed by atoms with van der Waals surface area (Å²) in [6.07, 6.45) is 0. The number of hydrogen-bond donors (Lipinski definition) is 2. The van der Waals surface area contributed by atoms with Crippen molar-refractivity contribution in [3.63, 3.8) is 0 Å². The molecule has 0 atom stereocenters. The number of nitrogens with one attached hydrogen (secondary N) is 1. The van der Waals surface area contributed by atoms with Gasteiger partial charge in [-0.05, 0) is 37.1 Å². The number of primary sulfonamides is 1. The summed E-state index contributed by atoms with van der Waals surface area (Å²) in [5, 5.41) is 7.92. The maximum Gasteiger partial charge on any atom is 0.259 e. The van der Waals surface area contributed by atoms with Crippen molar-refractivity contribution in [2.24, 2.45) is 5.14 Å². The number of benzene rings is 2. The zero-order valence-electron chi connectivity index (χ0n) is 15.7. The Hall–Kier alpha value is -2.78. The summed E-state index contributed by atoms with van der Waals surface area (Å²) in [5.41, 5.74) is 1.93. The average molecular weight is 394 g/mol. The van der Waals surface area contributed by atoms with Crippen LogP contribution in [-0.4, -0.2) is 35.7 Å². The normalized spacial score (nSPS) is 11.0. The monoisotopic (exact) mass is 394 g/mol. The van der Waals surface area contributed by atoms with Crippen LogP contribution in [0.15, 0.2) is 29.2 Å². The Labute approximate surface area is 158 Å². The molecular formula is C18H22N2O6S. The van der Waals surface area contributed by atoms with Crippen LogP contribution in [0, 0.1) is 13.8 Å². The molecule has 2 rings (SSSR count). The lowest BCUT2D eigenvalue weighted by atomic mass is 10.1. The van der Waals surface area contributed by atoms with Gasteiger partial charge in [-0.3, -0.25) is 4.79 Å². The molecule has 0 aliphatic carbocycles. The fourth-order valence-electron chi connectivity index (χ4n) is 2.52. The Balaban J connectivity index is 2.51. The van der Waals surface area contributed by atoms with Gasteiger partial charge in [0.2, 0.25) is 10.0 Å². The van der Waals surface area contributed by atoms with E-state index in [1.807, 2.05) is 0 Å². The van der Waals surface area contributed by atoms with Crippen LogP contribution in [0.4, 0.5) is 5.69 Å². The van der Waals surface area contributed by atoms with Crippen LogP contribution in [-0.2, 0) is 10.0 Å². The predicted octanol–water partition coefficient (Wildman–Crippen LogP) is 2.23. The lowest BCUT2D eigenvalue weighted by Crippen LogP contribution is -2.17. The van der Waals surface area contributed by atoms with Crippen molar-refractivity contribution in [2.75, 3.05) is 26.6 Å². The molecule has 8 nitrogen and oxygen atoms in total. The van der Waals surface area contributed by atoms with E-state index in [0.717, 1.165) is 5.56 Å².